The lowest BCUT2D eigenvalue weighted by atomic mass is 10.2. The van der Waals surface area contributed by atoms with Gasteiger partial charge in [-0.2, -0.15) is 0 Å². The van der Waals surface area contributed by atoms with Crippen LogP contribution in [-0.2, 0) is 13.6 Å². The third-order valence-corrected chi connectivity index (χ3v) is 5.93. The van der Waals surface area contributed by atoms with Gasteiger partial charge in [0, 0.05) is 19.8 Å². The molecule has 0 aromatic heterocycles. The molecule has 0 radical (unpaired) electrons. The number of nitrogens with zero attached hydrogens (tertiary/aromatic N) is 1. The summed E-state index contributed by atoms with van der Waals surface area (Å²) in [7, 11) is 1.23. The van der Waals surface area contributed by atoms with Crippen LogP contribution in [0.15, 0.2) is 24.3 Å². The van der Waals surface area contributed by atoms with Crippen LogP contribution in [0.5, 0.6) is 5.75 Å². The molecule has 0 saturated carbocycles. The molecule has 0 amide bonds. The molecule has 1 aromatic rings. The largest absolute Gasteiger partial charge is 0.496 e. The van der Waals surface area contributed by atoms with Crippen LogP contribution in [0, 0.1) is 0 Å². The van der Waals surface area contributed by atoms with Crippen LogP contribution in [0.3, 0.4) is 0 Å². The third-order valence-electron chi connectivity index (χ3n) is 3.71. The van der Waals surface area contributed by atoms with Crippen LogP contribution in [0.2, 0.25) is 0 Å². The zero-order chi connectivity index (χ0) is 14.6. The zero-order valence-electron chi connectivity index (χ0n) is 12.2. The van der Waals surface area contributed by atoms with Crippen molar-refractivity contribution >= 4 is 7.60 Å². The maximum Gasteiger partial charge on any atom is 0.351 e. The van der Waals surface area contributed by atoms with Gasteiger partial charge in [0.15, 0.2) is 0 Å². The van der Waals surface area contributed by atoms with Crippen molar-refractivity contribution in [3.63, 3.8) is 0 Å². The van der Waals surface area contributed by atoms with Crippen molar-refractivity contribution in [2.24, 2.45) is 0 Å². The summed E-state index contributed by atoms with van der Waals surface area (Å²) in [5.41, 5.74) is 0.851. The number of benzene rings is 1. The first-order valence-electron chi connectivity index (χ1n) is 6.74. The molecule has 5 nitrogen and oxygen atoms in total. The van der Waals surface area contributed by atoms with Gasteiger partial charge < -0.3 is 13.8 Å². The van der Waals surface area contributed by atoms with E-state index in [1.807, 2.05) is 24.3 Å². The van der Waals surface area contributed by atoms with Gasteiger partial charge in [-0.3, -0.25) is 9.46 Å². The Morgan fingerprint density at radius 1 is 1.10 bits per heavy atom. The summed E-state index contributed by atoms with van der Waals surface area (Å²) < 4.78 is 28.9. The standard InChI is InChI=1S/C14H22NO4P/c1-17-13-9-5-4-8-12(13)14(15-10-6-7-11-15)20(16,18-2)19-3/h4-5,8-9,14H,6-7,10-11H2,1-3H3. The van der Waals surface area contributed by atoms with Crippen LogP contribution >= 0.6 is 7.60 Å². The highest BCUT2D eigenvalue weighted by atomic mass is 31.2. The summed E-state index contributed by atoms with van der Waals surface area (Å²) in [5.74, 6) is 0.287. The molecule has 1 atom stereocenters. The summed E-state index contributed by atoms with van der Waals surface area (Å²) in [4.78, 5) is 2.16. The van der Waals surface area contributed by atoms with Crippen LogP contribution in [0.25, 0.3) is 0 Å². The SMILES string of the molecule is COc1ccccc1C(N1CCCC1)P(=O)(OC)OC. The zero-order valence-corrected chi connectivity index (χ0v) is 13.1. The molecule has 2 rings (SSSR count). The highest BCUT2D eigenvalue weighted by molar-refractivity contribution is 7.54. The van der Waals surface area contributed by atoms with E-state index in [0.29, 0.717) is 5.75 Å². The highest BCUT2D eigenvalue weighted by Crippen LogP contribution is 2.62. The number of rotatable bonds is 6. The van der Waals surface area contributed by atoms with Gasteiger partial charge in [0.25, 0.3) is 0 Å². The number of hydrogen-bond donors (Lipinski definition) is 0. The van der Waals surface area contributed by atoms with Crippen molar-refractivity contribution in [2.45, 2.75) is 18.6 Å². The summed E-state index contributed by atoms with van der Waals surface area (Å²) in [6.45, 7) is 1.78. The van der Waals surface area contributed by atoms with E-state index in [9.17, 15) is 4.57 Å². The summed E-state index contributed by atoms with van der Waals surface area (Å²) >= 11 is 0. The van der Waals surface area contributed by atoms with Crippen molar-refractivity contribution in [1.82, 2.24) is 4.90 Å². The predicted molar refractivity (Wildman–Crippen MR) is 78.2 cm³/mol. The molecule has 20 heavy (non-hydrogen) atoms. The molecule has 1 aromatic carbocycles. The first-order valence-corrected chi connectivity index (χ1v) is 8.35. The summed E-state index contributed by atoms with van der Waals surface area (Å²) in [6, 6.07) is 7.60. The Hall–Kier alpha value is -0.870. The monoisotopic (exact) mass is 299 g/mol. The lowest BCUT2D eigenvalue weighted by molar-refractivity contribution is 0.209. The second kappa shape index (κ2) is 6.72. The second-order valence-electron chi connectivity index (χ2n) is 4.76. The fourth-order valence-electron chi connectivity index (χ4n) is 2.71. The lowest BCUT2D eigenvalue weighted by Gasteiger charge is -2.32. The van der Waals surface area contributed by atoms with Crippen molar-refractivity contribution in [1.29, 1.82) is 0 Å². The Labute approximate surface area is 120 Å². The third kappa shape index (κ3) is 2.91. The molecule has 112 valence electrons. The van der Waals surface area contributed by atoms with Crippen LogP contribution in [-0.4, -0.2) is 39.3 Å². The van der Waals surface area contributed by atoms with E-state index in [-0.39, 0.29) is 0 Å². The number of hydrogen-bond acceptors (Lipinski definition) is 5. The van der Waals surface area contributed by atoms with Crippen LogP contribution in [0.4, 0.5) is 0 Å². The van der Waals surface area contributed by atoms with Crippen molar-refractivity contribution in [3.8, 4) is 5.75 Å². The average molecular weight is 299 g/mol. The maximum atomic E-state index is 13.0. The van der Waals surface area contributed by atoms with Gasteiger partial charge in [-0.05, 0) is 32.0 Å². The smallest absolute Gasteiger partial charge is 0.351 e. The second-order valence-corrected chi connectivity index (χ2v) is 7.06. The molecule has 0 N–H and O–H groups in total. The molecule has 1 saturated heterocycles. The summed E-state index contributed by atoms with van der Waals surface area (Å²) in [6.07, 6.45) is 2.19. The van der Waals surface area contributed by atoms with Crippen molar-refractivity contribution < 1.29 is 18.3 Å². The van der Waals surface area contributed by atoms with Crippen LogP contribution < -0.4 is 4.74 Å². The topological polar surface area (TPSA) is 48.0 Å². The molecule has 1 fully saturated rings. The van der Waals surface area contributed by atoms with E-state index in [2.05, 4.69) is 4.90 Å². The van der Waals surface area contributed by atoms with E-state index in [1.54, 1.807) is 7.11 Å². The van der Waals surface area contributed by atoms with Gasteiger partial charge in [0.05, 0.1) is 7.11 Å². The van der Waals surface area contributed by atoms with E-state index in [4.69, 9.17) is 13.8 Å². The molecule has 0 aliphatic carbocycles. The molecule has 1 heterocycles. The van der Waals surface area contributed by atoms with Crippen molar-refractivity contribution in [2.75, 3.05) is 34.4 Å². The molecular weight excluding hydrogens is 277 g/mol. The normalized spacial score (nSPS) is 18.1. The van der Waals surface area contributed by atoms with Crippen LogP contribution in [0.1, 0.15) is 24.2 Å². The molecule has 6 heteroatoms. The average Bonchev–Trinajstić information content (AvgIpc) is 3.01. The lowest BCUT2D eigenvalue weighted by Crippen LogP contribution is -2.27. The van der Waals surface area contributed by atoms with E-state index in [0.717, 1.165) is 31.5 Å². The van der Waals surface area contributed by atoms with Gasteiger partial charge in [0.1, 0.15) is 11.5 Å². The quantitative estimate of drug-likeness (QED) is 0.754. The van der Waals surface area contributed by atoms with Gasteiger partial charge in [-0.25, -0.2) is 0 Å². The highest BCUT2D eigenvalue weighted by Gasteiger charge is 2.42. The molecule has 0 spiro atoms. The van der Waals surface area contributed by atoms with E-state index >= 15 is 0 Å². The molecule has 1 aliphatic heterocycles. The Kier molecular flexibility index (Phi) is 5.22. The van der Waals surface area contributed by atoms with E-state index in [1.165, 1.54) is 14.2 Å². The minimum absolute atomic E-state index is 0.420. The van der Waals surface area contributed by atoms with Gasteiger partial charge in [-0.1, -0.05) is 18.2 Å². The van der Waals surface area contributed by atoms with Gasteiger partial charge in [0.2, 0.25) is 0 Å². The fraction of sp³-hybridized carbons (Fsp3) is 0.571. The molecular formula is C14H22NO4P. The van der Waals surface area contributed by atoms with Gasteiger partial charge >= 0.3 is 7.60 Å². The maximum absolute atomic E-state index is 13.0. The first-order chi connectivity index (χ1) is 9.66. The minimum atomic E-state index is -3.26. The Morgan fingerprint density at radius 2 is 1.70 bits per heavy atom. The number of para-hydroxylation sites is 1. The minimum Gasteiger partial charge on any atom is -0.496 e. The Bertz CT molecular complexity index is 480. The number of likely N-dealkylation sites (tertiary alicyclic amines) is 1. The Balaban J connectivity index is 2.48. The summed E-state index contributed by atoms with van der Waals surface area (Å²) in [5, 5.41) is 0. The molecule has 0 bridgehead atoms. The van der Waals surface area contributed by atoms with E-state index < -0.39 is 13.4 Å². The van der Waals surface area contributed by atoms with Crippen molar-refractivity contribution in [3.05, 3.63) is 29.8 Å². The van der Waals surface area contributed by atoms with Gasteiger partial charge in [-0.15, -0.1) is 0 Å². The molecule has 1 unspecified atom stereocenters. The first kappa shape index (κ1) is 15.5. The number of methoxy groups -OCH3 is 1. The number of ether oxygens (including phenoxy) is 1. The Morgan fingerprint density at radius 3 is 2.25 bits per heavy atom. The predicted octanol–water partition coefficient (Wildman–Crippen LogP) is 3.28. The fourth-order valence-corrected chi connectivity index (χ4v) is 4.44. The molecule has 1 aliphatic rings.